The summed E-state index contributed by atoms with van der Waals surface area (Å²) >= 11 is 0. The number of nitrogens with one attached hydrogen (secondary N) is 1. The first-order chi connectivity index (χ1) is 21.3. The fraction of sp³-hybridized carbons (Fsp3) is 0.485. The predicted molar refractivity (Wildman–Crippen MR) is 167 cm³/mol. The van der Waals surface area contributed by atoms with Crippen LogP contribution in [0.25, 0.3) is 21.9 Å². The Bertz CT molecular complexity index is 1730. The van der Waals surface area contributed by atoms with E-state index in [0.29, 0.717) is 58.0 Å². The van der Waals surface area contributed by atoms with E-state index in [1.165, 1.54) is 6.07 Å². The summed E-state index contributed by atoms with van der Waals surface area (Å²) in [5.74, 6) is 3.15. The highest BCUT2D eigenvalue weighted by molar-refractivity contribution is 5.92. The maximum Gasteiger partial charge on any atom is 0.247 e. The van der Waals surface area contributed by atoms with Gasteiger partial charge in [0.15, 0.2) is 11.2 Å². The Morgan fingerprint density at radius 1 is 1.16 bits per heavy atom. The molecular formula is C33H38FN7O3. The molecule has 10 nitrogen and oxygen atoms in total. The number of fused-ring (bicyclic) bond motifs is 4. The second kappa shape index (κ2) is 11.5. The average molecular weight is 600 g/mol. The Morgan fingerprint density at radius 3 is 2.68 bits per heavy atom. The van der Waals surface area contributed by atoms with E-state index in [1.807, 2.05) is 4.57 Å². The second-order valence-electron chi connectivity index (χ2n) is 13.0. The number of terminal acetylenes is 1. The van der Waals surface area contributed by atoms with Crippen molar-refractivity contribution in [1.29, 1.82) is 0 Å². The van der Waals surface area contributed by atoms with Gasteiger partial charge in [-0.2, -0.15) is 9.97 Å². The number of phenols is 1. The van der Waals surface area contributed by atoms with Gasteiger partial charge in [-0.05, 0) is 42.0 Å². The highest BCUT2D eigenvalue weighted by Gasteiger charge is 2.34. The Morgan fingerprint density at radius 2 is 1.93 bits per heavy atom. The van der Waals surface area contributed by atoms with Crippen molar-refractivity contribution in [1.82, 2.24) is 29.7 Å². The van der Waals surface area contributed by atoms with Crippen LogP contribution in [0.15, 0.2) is 30.6 Å². The molecule has 0 radical (unpaired) electrons. The van der Waals surface area contributed by atoms with E-state index in [-0.39, 0.29) is 23.3 Å². The fourth-order valence-electron chi connectivity index (χ4n) is 6.86. The summed E-state index contributed by atoms with van der Waals surface area (Å²) in [4.78, 5) is 19.3. The molecule has 2 aromatic carbocycles. The number of aromatic nitrogens is 4. The predicted octanol–water partition coefficient (Wildman–Crippen LogP) is 3.53. The van der Waals surface area contributed by atoms with E-state index in [2.05, 4.69) is 34.9 Å². The monoisotopic (exact) mass is 599 g/mol. The van der Waals surface area contributed by atoms with Gasteiger partial charge in [0.2, 0.25) is 11.8 Å². The van der Waals surface area contributed by atoms with Crippen LogP contribution in [0.2, 0.25) is 0 Å². The van der Waals surface area contributed by atoms with Crippen molar-refractivity contribution in [2.45, 2.75) is 45.3 Å². The molecule has 4 aromatic rings. The summed E-state index contributed by atoms with van der Waals surface area (Å²) in [6.07, 6.45) is 9.71. The molecule has 0 saturated carbocycles. The molecule has 3 aliphatic heterocycles. The lowest BCUT2D eigenvalue weighted by molar-refractivity contribution is 0.0130. The third kappa shape index (κ3) is 5.65. The summed E-state index contributed by atoms with van der Waals surface area (Å²) in [5.41, 5.74) is 1.86. The summed E-state index contributed by atoms with van der Waals surface area (Å²) < 4.78 is 28.7. The van der Waals surface area contributed by atoms with Gasteiger partial charge in [-0.3, -0.25) is 4.90 Å². The van der Waals surface area contributed by atoms with Gasteiger partial charge in [0.1, 0.15) is 11.6 Å². The molecule has 0 aliphatic carbocycles. The van der Waals surface area contributed by atoms with Gasteiger partial charge >= 0.3 is 0 Å². The van der Waals surface area contributed by atoms with Crippen LogP contribution in [-0.2, 0) is 11.3 Å². The standard InChI is InChI=1S/C33H38FN7O3/c1-4-26-27(34)8-5-21-13-25(42)14-22(28(21)26)15-41-20-35-29-30(41)37-32(40-16-23-6-7-24(17-40)36-23)38-31(29)44-19-33(2,3)18-39-9-11-43-12-10-39/h1,5,8,13-14,20,23-24,36,42H,6-7,9-12,15-19H2,2-3H3/t23-,24+. The first kappa shape index (κ1) is 28.8. The molecule has 5 heterocycles. The number of nitrogens with zero attached hydrogens (tertiary/aromatic N) is 6. The molecule has 3 fully saturated rings. The molecule has 0 unspecified atom stereocenters. The summed E-state index contributed by atoms with van der Waals surface area (Å²) in [5, 5.41) is 15.4. The molecule has 2 aromatic heterocycles. The Kier molecular flexibility index (Phi) is 7.52. The minimum absolute atomic E-state index is 0.0737. The third-order valence-electron chi connectivity index (χ3n) is 8.89. The molecule has 0 spiro atoms. The highest BCUT2D eigenvalue weighted by Crippen LogP contribution is 2.33. The number of morpholine rings is 1. The molecule has 0 amide bonds. The first-order valence-electron chi connectivity index (χ1n) is 15.3. The SMILES string of the molecule is C#Cc1c(F)ccc2cc(O)cc(Cn3cnc4c(OCC(C)(C)CN5CCOCC5)nc(N5C[C@H]6CC[C@@H](C5)N6)nc43)c12. The molecule has 2 N–H and O–H groups in total. The number of benzene rings is 2. The molecule has 2 bridgehead atoms. The minimum Gasteiger partial charge on any atom is -0.508 e. The topological polar surface area (TPSA) is 101 Å². The van der Waals surface area contributed by atoms with E-state index < -0.39 is 5.82 Å². The number of halogens is 1. The molecule has 7 rings (SSSR count). The van der Waals surface area contributed by atoms with Crippen LogP contribution in [-0.4, -0.2) is 94.2 Å². The van der Waals surface area contributed by atoms with Crippen molar-refractivity contribution in [3.05, 3.63) is 47.5 Å². The summed E-state index contributed by atoms with van der Waals surface area (Å²) in [6, 6.07) is 6.99. The number of ether oxygens (including phenoxy) is 2. The van der Waals surface area contributed by atoms with Gasteiger partial charge in [-0.15, -0.1) is 6.42 Å². The minimum atomic E-state index is -0.476. The smallest absolute Gasteiger partial charge is 0.247 e. The Balaban J connectivity index is 1.26. The lowest BCUT2D eigenvalue weighted by Gasteiger charge is -2.34. The number of anilines is 1. The van der Waals surface area contributed by atoms with Crippen molar-refractivity contribution < 1.29 is 19.0 Å². The number of aromatic hydroxyl groups is 1. The molecule has 230 valence electrons. The van der Waals surface area contributed by atoms with Crippen molar-refractivity contribution >= 4 is 27.9 Å². The van der Waals surface area contributed by atoms with Crippen LogP contribution in [0.4, 0.5) is 10.3 Å². The number of piperazine rings is 1. The molecule has 44 heavy (non-hydrogen) atoms. The third-order valence-corrected chi connectivity index (χ3v) is 8.89. The zero-order chi connectivity index (χ0) is 30.4. The van der Waals surface area contributed by atoms with E-state index in [0.717, 1.165) is 58.8 Å². The lowest BCUT2D eigenvalue weighted by Crippen LogP contribution is -2.51. The molecular weight excluding hydrogens is 561 g/mol. The number of imidazole rings is 1. The van der Waals surface area contributed by atoms with E-state index in [9.17, 15) is 9.50 Å². The Labute approximate surface area is 256 Å². The summed E-state index contributed by atoms with van der Waals surface area (Å²) in [6.45, 7) is 11.0. The first-order valence-corrected chi connectivity index (χ1v) is 15.3. The van der Waals surface area contributed by atoms with Gasteiger partial charge in [0, 0.05) is 55.6 Å². The summed E-state index contributed by atoms with van der Waals surface area (Å²) in [7, 11) is 0. The number of hydrogen-bond acceptors (Lipinski definition) is 9. The van der Waals surface area contributed by atoms with Crippen LogP contribution in [0.3, 0.4) is 0 Å². The number of phenolic OH excluding ortho intramolecular Hbond substituents is 1. The molecule has 3 aliphatic rings. The van der Waals surface area contributed by atoms with Gasteiger partial charge in [-0.1, -0.05) is 25.8 Å². The zero-order valence-electron chi connectivity index (χ0n) is 25.2. The van der Waals surface area contributed by atoms with E-state index >= 15 is 0 Å². The van der Waals surface area contributed by atoms with E-state index in [1.54, 1.807) is 24.5 Å². The molecule has 3 saturated heterocycles. The zero-order valence-corrected chi connectivity index (χ0v) is 25.2. The fourth-order valence-corrected chi connectivity index (χ4v) is 6.86. The normalized spacial score (nSPS) is 20.8. The van der Waals surface area contributed by atoms with Gasteiger partial charge in [0.05, 0.1) is 38.3 Å². The van der Waals surface area contributed by atoms with Crippen molar-refractivity contribution in [2.75, 3.05) is 57.4 Å². The van der Waals surface area contributed by atoms with E-state index in [4.69, 9.17) is 30.8 Å². The average Bonchev–Trinajstić information content (AvgIpc) is 3.57. The van der Waals surface area contributed by atoms with Crippen LogP contribution < -0.4 is 15.0 Å². The largest absolute Gasteiger partial charge is 0.508 e. The van der Waals surface area contributed by atoms with Crippen LogP contribution in [0, 0.1) is 23.6 Å². The second-order valence-corrected chi connectivity index (χ2v) is 13.0. The van der Waals surface area contributed by atoms with Crippen molar-refractivity contribution in [2.24, 2.45) is 5.41 Å². The number of rotatable bonds is 8. The van der Waals surface area contributed by atoms with Gasteiger partial charge < -0.3 is 29.4 Å². The van der Waals surface area contributed by atoms with Gasteiger partial charge in [-0.25, -0.2) is 9.37 Å². The van der Waals surface area contributed by atoms with Gasteiger partial charge in [0.25, 0.3) is 0 Å². The number of hydrogen-bond donors (Lipinski definition) is 2. The Hall–Kier alpha value is -3.98. The maximum atomic E-state index is 14.8. The maximum absolute atomic E-state index is 14.8. The van der Waals surface area contributed by atoms with Crippen molar-refractivity contribution in [3.63, 3.8) is 0 Å². The highest BCUT2D eigenvalue weighted by atomic mass is 19.1. The van der Waals surface area contributed by atoms with Crippen LogP contribution in [0.1, 0.15) is 37.8 Å². The van der Waals surface area contributed by atoms with Crippen LogP contribution in [0.5, 0.6) is 11.6 Å². The lowest BCUT2D eigenvalue weighted by atomic mass is 9.94. The molecule has 11 heteroatoms. The van der Waals surface area contributed by atoms with Crippen LogP contribution >= 0.6 is 0 Å². The quantitative estimate of drug-likeness (QED) is 0.295. The molecule has 2 atom stereocenters. The van der Waals surface area contributed by atoms with Crippen molar-refractivity contribution in [3.8, 4) is 24.0 Å².